The van der Waals surface area contributed by atoms with Crippen LogP contribution in [0.2, 0.25) is 0 Å². The Bertz CT molecular complexity index is 714. The van der Waals surface area contributed by atoms with Crippen LogP contribution in [0.3, 0.4) is 0 Å². The fourth-order valence-electron chi connectivity index (χ4n) is 2.01. The summed E-state index contributed by atoms with van der Waals surface area (Å²) in [7, 11) is -4.83. The van der Waals surface area contributed by atoms with Gasteiger partial charge in [-0.05, 0) is 13.8 Å². The van der Waals surface area contributed by atoms with Crippen LogP contribution in [0.25, 0.3) is 0 Å². The first-order valence-electron chi connectivity index (χ1n) is 8.11. The third-order valence-electron chi connectivity index (χ3n) is 3.78. The maximum atomic E-state index is 14.0. The number of hydrogen-bond acceptors (Lipinski definition) is 3. The predicted molar refractivity (Wildman–Crippen MR) is 89.0 cm³/mol. The quantitative estimate of drug-likeness (QED) is 0.0930. The molecule has 0 spiro atoms. The van der Waals surface area contributed by atoms with Crippen LogP contribution in [0.5, 0.6) is 0 Å². The lowest BCUT2D eigenvalue weighted by molar-refractivity contribution is -0.452. The highest BCUT2D eigenvalue weighted by atomic mass is 127. The lowest BCUT2D eigenvalue weighted by Gasteiger charge is -2.42. The average molecular weight is 660 g/mol. The van der Waals surface area contributed by atoms with Gasteiger partial charge in [0.15, 0.2) is 0 Å². The van der Waals surface area contributed by atoms with Crippen molar-refractivity contribution in [3.05, 3.63) is 0 Å². The molecule has 0 aliphatic carbocycles. The molecule has 0 amide bonds. The summed E-state index contributed by atoms with van der Waals surface area (Å²) in [5.41, 5.74) is 0. The maximum Gasteiger partial charge on any atom is 0.460 e. The van der Waals surface area contributed by atoms with Crippen molar-refractivity contribution in [2.24, 2.45) is 0 Å². The summed E-state index contributed by atoms with van der Waals surface area (Å²) in [6.07, 6.45) is -10.5. The molecule has 0 fully saturated rings. The van der Waals surface area contributed by atoms with Crippen LogP contribution < -0.4 is 0 Å². The minimum atomic E-state index is -8.36. The molecule has 3 nitrogen and oxygen atoms in total. The van der Waals surface area contributed by atoms with Gasteiger partial charge in [0.2, 0.25) is 0 Å². The van der Waals surface area contributed by atoms with Crippen LogP contribution in [0.15, 0.2) is 0 Å². The average Bonchev–Trinajstić information content (AvgIpc) is 2.59. The topological polar surface area (TPSA) is 35.5 Å². The third kappa shape index (κ3) is 5.34. The van der Waals surface area contributed by atoms with E-state index in [0.717, 1.165) is 13.8 Å². The van der Waals surface area contributed by atoms with Crippen molar-refractivity contribution >= 4 is 30.2 Å². The molecule has 33 heavy (non-hydrogen) atoms. The van der Waals surface area contributed by atoms with Gasteiger partial charge in [0.1, 0.15) is 3.67 Å². The van der Waals surface area contributed by atoms with E-state index in [1.54, 1.807) is 0 Å². The number of halogens is 16. The van der Waals surface area contributed by atoms with Gasteiger partial charge in [-0.3, -0.25) is 4.57 Å². The van der Waals surface area contributed by atoms with Crippen molar-refractivity contribution in [3.8, 4) is 0 Å². The van der Waals surface area contributed by atoms with Crippen LogP contribution in [-0.2, 0) is 13.6 Å². The smallest absolute Gasteiger partial charge is 0.308 e. The zero-order valence-corrected chi connectivity index (χ0v) is 19.0. The SMILES string of the molecule is CCOP(=O)(OCC)C(I)CC(F)(F)C(F)(F)C(F)(F)C(F)(F)C(F)(F)C(F)(F)C(F)(F)F. The van der Waals surface area contributed by atoms with Crippen LogP contribution in [0.1, 0.15) is 20.3 Å². The summed E-state index contributed by atoms with van der Waals surface area (Å²) in [4.78, 5) is 0. The second kappa shape index (κ2) is 9.71. The summed E-state index contributed by atoms with van der Waals surface area (Å²) in [5.74, 6) is -47.1. The first-order valence-corrected chi connectivity index (χ1v) is 11.0. The van der Waals surface area contributed by atoms with Crippen LogP contribution in [-0.4, -0.2) is 58.6 Å². The van der Waals surface area contributed by atoms with E-state index in [4.69, 9.17) is 0 Å². The molecule has 0 radical (unpaired) electrons. The fraction of sp³-hybridized carbons (Fsp3) is 1.00. The summed E-state index contributed by atoms with van der Waals surface area (Å²) < 4.78 is 216. The molecule has 0 rings (SSSR count). The minimum absolute atomic E-state index is 0.592. The molecule has 0 aliphatic rings. The highest BCUT2D eigenvalue weighted by Crippen LogP contribution is 2.65. The Hall–Kier alpha value is -0.170. The molecular weight excluding hydrogens is 647 g/mol. The third-order valence-corrected chi connectivity index (χ3v) is 8.37. The molecule has 0 aromatic carbocycles. The fourth-order valence-corrected chi connectivity index (χ4v) is 5.10. The first kappa shape index (κ1) is 32.8. The molecule has 20 heteroatoms. The summed E-state index contributed by atoms with van der Waals surface area (Å²) >= 11 is 0.645. The van der Waals surface area contributed by atoms with Gasteiger partial charge in [0.05, 0.1) is 13.2 Å². The lowest BCUT2D eigenvalue weighted by Crippen LogP contribution is -2.72. The Balaban J connectivity index is 6.46. The Labute approximate surface area is 189 Å². The second-order valence-electron chi connectivity index (χ2n) is 6.09. The molecule has 1 unspecified atom stereocenters. The molecule has 200 valence electrons. The van der Waals surface area contributed by atoms with Crippen LogP contribution in [0, 0.1) is 0 Å². The van der Waals surface area contributed by atoms with Crippen LogP contribution in [0.4, 0.5) is 65.9 Å². The molecule has 0 bridgehead atoms. The Morgan fingerprint density at radius 2 is 0.939 bits per heavy atom. The second-order valence-corrected chi connectivity index (χ2v) is 10.8. The molecule has 0 saturated heterocycles. The first-order chi connectivity index (χ1) is 14.2. The van der Waals surface area contributed by atoms with E-state index in [9.17, 15) is 70.4 Å². The van der Waals surface area contributed by atoms with Gasteiger partial charge in [0.25, 0.3) is 0 Å². The highest BCUT2D eigenvalue weighted by Gasteiger charge is 2.93. The van der Waals surface area contributed by atoms with Gasteiger partial charge in [-0.2, -0.15) is 65.9 Å². The molecular formula is C13H13F15IO3P. The maximum absolute atomic E-state index is 14.0. The van der Waals surface area contributed by atoms with E-state index in [0.29, 0.717) is 22.6 Å². The summed E-state index contributed by atoms with van der Waals surface area (Å²) in [6, 6.07) is 0. The van der Waals surface area contributed by atoms with Crippen molar-refractivity contribution in [1.29, 1.82) is 0 Å². The van der Waals surface area contributed by atoms with E-state index in [1.165, 1.54) is 0 Å². The molecule has 1 atom stereocenters. The zero-order valence-electron chi connectivity index (χ0n) is 15.9. The van der Waals surface area contributed by atoms with E-state index in [2.05, 4.69) is 9.05 Å². The Morgan fingerprint density at radius 3 is 1.24 bits per heavy atom. The van der Waals surface area contributed by atoms with Crippen LogP contribution >= 0.6 is 30.2 Å². The molecule has 0 aromatic heterocycles. The van der Waals surface area contributed by atoms with Gasteiger partial charge in [-0.25, -0.2) is 0 Å². The van der Waals surface area contributed by atoms with Crippen molar-refractivity contribution in [2.45, 2.75) is 65.6 Å². The van der Waals surface area contributed by atoms with E-state index >= 15 is 0 Å². The van der Waals surface area contributed by atoms with Crippen molar-refractivity contribution in [3.63, 3.8) is 0 Å². The summed E-state index contributed by atoms with van der Waals surface area (Å²) in [6.45, 7) is 0.982. The monoisotopic (exact) mass is 660 g/mol. The number of hydrogen-bond donors (Lipinski definition) is 0. The van der Waals surface area contributed by atoms with Gasteiger partial charge in [0, 0.05) is 6.42 Å². The van der Waals surface area contributed by atoms with E-state index in [-0.39, 0.29) is 0 Å². The largest absolute Gasteiger partial charge is 0.460 e. The van der Waals surface area contributed by atoms with Crippen molar-refractivity contribution in [2.75, 3.05) is 13.2 Å². The Morgan fingerprint density at radius 1 is 0.636 bits per heavy atom. The molecule has 0 heterocycles. The van der Waals surface area contributed by atoms with Gasteiger partial charge in [-0.1, -0.05) is 22.6 Å². The highest BCUT2D eigenvalue weighted by molar-refractivity contribution is 14.1. The Kier molecular flexibility index (Phi) is 9.66. The van der Waals surface area contributed by atoms with Crippen molar-refractivity contribution in [1.82, 2.24) is 0 Å². The molecule has 0 N–H and O–H groups in total. The summed E-state index contributed by atoms with van der Waals surface area (Å²) in [5, 5.41) is 0. The van der Waals surface area contributed by atoms with Gasteiger partial charge >= 0.3 is 49.3 Å². The minimum Gasteiger partial charge on any atom is -0.308 e. The van der Waals surface area contributed by atoms with Gasteiger partial charge < -0.3 is 9.05 Å². The molecule has 0 saturated carbocycles. The predicted octanol–water partition coefficient (Wildman–Crippen LogP) is 7.78. The zero-order chi connectivity index (χ0) is 27.1. The van der Waals surface area contributed by atoms with Gasteiger partial charge in [-0.15, -0.1) is 0 Å². The standard InChI is InChI=1S/C13H13F15IO3P/c1-3-31-33(30,32-4-2)6(29)5-7(14,15)8(16,17)9(18,19)10(20,21)11(22,23)12(24,25)13(26,27)28/h6H,3-5H2,1-2H3. The number of alkyl halides is 16. The number of rotatable bonds is 12. The normalized spacial score (nSPS) is 16.8. The lowest BCUT2D eigenvalue weighted by atomic mass is 9.90. The van der Waals surface area contributed by atoms with Crippen molar-refractivity contribution < 1.29 is 79.5 Å². The van der Waals surface area contributed by atoms with E-state index < -0.39 is 72.6 Å². The molecule has 0 aromatic rings. The molecule has 0 aliphatic heterocycles. The van der Waals surface area contributed by atoms with E-state index in [1.807, 2.05) is 0 Å².